The van der Waals surface area contributed by atoms with E-state index < -0.39 is 12.1 Å². The van der Waals surface area contributed by atoms with E-state index >= 15 is 0 Å². The van der Waals surface area contributed by atoms with Crippen molar-refractivity contribution in [1.29, 1.82) is 5.26 Å². The summed E-state index contributed by atoms with van der Waals surface area (Å²) in [5, 5.41) is 9.04. The van der Waals surface area contributed by atoms with Crippen LogP contribution in [0.15, 0.2) is 28.7 Å². The van der Waals surface area contributed by atoms with Crippen LogP contribution in [-0.4, -0.2) is 25.3 Å². The molecule has 1 aliphatic rings. The molecule has 94 valence electrons. The maximum absolute atomic E-state index is 11.9. The van der Waals surface area contributed by atoms with E-state index in [1.54, 1.807) is 24.3 Å². The van der Waals surface area contributed by atoms with Crippen molar-refractivity contribution in [3.8, 4) is 6.07 Å². The van der Waals surface area contributed by atoms with Gasteiger partial charge in [-0.3, -0.25) is 0 Å². The molecule has 1 heterocycles. The first-order valence-corrected chi connectivity index (χ1v) is 6.44. The Morgan fingerprint density at radius 2 is 2.22 bits per heavy atom. The number of hydrogen-bond donors (Lipinski definition) is 0. The van der Waals surface area contributed by atoms with Gasteiger partial charge in [0.05, 0.1) is 12.2 Å². The molecule has 0 spiro atoms. The minimum atomic E-state index is -0.733. The summed E-state index contributed by atoms with van der Waals surface area (Å²) in [5.74, 6) is -0.490. The summed E-state index contributed by atoms with van der Waals surface area (Å²) in [4.78, 5) is 11.9. The highest BCUT2D eigenvalue weighted by atomic mass is 79.9. The smallest absolute Gasteiger partial charge is 0.339 e. The number of rotatable bonds is 3. The van der Waals surface area contributed by atoms with E-state index in [0.29, 0.717) is 18.8 Å². The summed E-state index contributed by atoms with van der Waals surface area (Å²) < 4.78 is 11.3. The van der Waals surface area contributed by atoms with Crippen molar-refractivity contribution in [2.24, 2.45) is 5.92 Å². The van der Waals surface area contributed by atoms with Crippen molar-refractivity contribution >= 4 is 21.9 Å². The Kier molecular flexibility index (Phi) is 4.34. The quantitative estimate of drug-likeness (QED) is 0.805. The molecule has 0 aliphatic carbocycles. The van der Waals surface area contributed by atoms with Crippen LogP contribution in [0.2, 0.25) is 0 Å². The van der Waals surface area contributed by atoms with E-state index in [0.717, 1.165) is 10.9 Å². The van der Waals surface area contributed by atoms with Crippen molar-refractivity contribution in [3.05, 3.63) is 34.3 Å². The number of halogens is 1. The second-order valence-electron chi connectivity index (χ2n) is 4.09. The molecule has 1 aromatic rings. The van der Waals surface area contributed by atoms with E-state index in [-0.39, 0.29) is 5.92 Å². The number of benzene rings is 1. The minimum Gasteiger partial charge on any atom is -0.443 e. The topological polar surface area (TPSA) is 59.3 Å². The molecule has 18 heavy (non-hydrogen) atoms. The maximum Gasteiger partial charge on any atom is 0.339 e. The Morgan fingerprint density at radius 1 is 1.50 bits per heavy atom. The number of carbonyl (C=O) groups is 1. The van der Waals surface area contributed by atoms with Gasteiger partial charge in [-0.25, -0.2) is 4.79 Å². The Balaban J connectivity index is 2.01. The number of nitrogens with zero attached hydrogens (tertiary/aromatic N) is 1. The first-order valence-electron chi connectivity index (χ1n) is 5.64. The molecular weight excluding hydrogens is 298 g/mol. The van der Waals surface area contributed by atoms with E-state index in [1.807, 2.05) is 6.07 Å². The minimum absolute atomic E-state index is 0.0191. The molecule has 1 saturated heterocycles. The molecule has 0 radical (unpaired) electrons. The van der Waals surface area contributed by atoms with Crippen LogP contribution < -0.4 is 0 Å². The second-order valence-corrected chi connectivity index (χ2v) is 5.00. The van der Waals surface area contributed by atoms with E-state index in [2.05, 4.69) is 15.9 Å². The van der Waals surface area contributed by atoms with Gasteiger partial charge in [-0.05, 0) is 30.7 Å². The SMILES string of the molecule is N#C[C@H](OC(=O)c1ccc(Br)cc1)[C@@H]1CCOC1. The summed E-state index contributed by atoms with van der Waals surface area (Å²) in [6.07, 6.45) is 0.0231. The van der Waals surface area contributed by atoms with Gasteiger partial charge < -0.3 is 9.47 Å². The first kappa shape index (κ1) is 13.1. The predicted octanol–water partition coefficient (Wildman–Crippen LogP) is 2.53. The average Bonchev–Trinajstić information content (AvgIpc) is 2.90. The van der Waals surface area contributed by atoms with Gasteiger partial charge in [0.2, 0.25) is 0 Å². The molecule has 1 aromatic carbocycles. The summed E-state index contributed by atoms with van der Waals surface area (Å²) in [6, 6.07) is 8.86. The van der Waals surface area contributed by atoms with Crippen LogP contribution in [0.1, 0.15) is 16.8 Å². The fourth-order valence-corrected chi connectivity index (χ4v) is 2.05. The molecule has 0 N–H and O–H groups in total. The standard InChI is InChI=1S/C13H12BrNO3/c14-11-3-1-9(2-4-11)13(16)18-12(7-15)10-5-6-17-8-10/h1-4,10,12H,5-6,8H2/t10-,12+/m1/s1. The van der Waals surface area contributed by atoms with Gasteiger partial charge in [-0.1, -0.05) is 15.9 Å². The number of carbonyl (C=O) groups excluding carboxylic acids is 1. The van der Waals surface area contributed by atoms with Crippen LogP contribution in [0.25, 0.3) is 0 Å². The summed E-state index contributed by atoms with van der Waals surface area (Å²) >= 11 is 3.29. The van der Waals surface area contributed by atoms with Crippen LogP contribution in [0.5, 0.6) is 0 Å². The zero-order valence-corrected chi connectivity index (χ0v) is 11.2. The highest BCUT2D eigenvalue weighted by Gasteiger charge is 2.29. The van der Waals surface area contributed by atoms with E-state index in [1.165, 1.54) is 0 Å². The Morgan fingerprint density at radius 3 is 2.78 bits per heavy atom. The van der Waals surface area contributed by atoms with Crippen LogP contribution >= 0.6 is 15.9 Å². The van der Waals surface area contributed by atoms with Crippen LogP contribution in [-0.2, 0) is 9.47 Å². The molecule has 4 nitrogen and oxygen atoms in total. The summed E-state index contributed by atoms with van der Waals surface area (Å²) in [7, 11) is 0. The number of esters is 1. The predicted molar refractivity (Wildman–Crippen MR) is 67.9 cm³/mol. The molecule has 0 saturated carbocycles. The second kappa shape index (κ2) is 5.98. The van der Waals surface area contributed by atoms with Crippen LogP contribution in [0, 0.1) is 17.2 Å². The zero-order valence-electron chi connectivity index (χ0n) is 9.64. The molecule has 2 rings (SSSR count). The third kappa shape index (κ3) is 3.09. The largest absolute Gasteiger partial charge is 0.443 e. The van der Waals surface area contributed by atoms with Crippen molar-refractivity contribution in [2.45, 2.75) is 12.5 Å². The zero-order chi connectivity index (χ0) is 13.0. The van der Waals surface area contributed by atoms with Crippen LogP contribution in [0.3, 0.4) is 0 Å². The van der Waals surface area contributed by atoms with Gasteiger partial charge in [0.25, 0.3) is 0 Å². The van der Waals surface area contributed by atoms with Crippen molar-refractivity contribution in [3.63, 3.8) is 0 Å². The van der Waals surface area contributed by atoms with E-state index in [4.69, 9.17) is 14.7 Å². The lowest BCUT2D eigenvalue weighted by molar-refractivity contribution is 0.0277. The lowest BCUT2D eigenvalue weighted by atomic mass is 10.0. The van der Waals surface area contributed by atoms with Gasteiger partial charge in [-0.15, -0.1) is 0 Å². The van der Waals surface area contributed by atoms with Gasteiger partial charge in [0, 0.05) is 17.0 Å². The highest BCUT2D eigenvalue weighted by molar-refractivity contribution is 9.10. The lowest BCUT2D eigenvalue weighted by Gasteiger charge is -2.15. The van der Waals surface area contributed by atoms with Crippen LogP contribution in [0.4, 0.5) is 0 Å². The summed E-state index contributed by atoms with van der Waals surface area (Å²) in [6.45, 7) is 1.10. The molecule has 0 amide bonds. The highest BCUT2D eigenvalue weighted by Crippen LogP contribution is 2.20. The fourth-order valence-electron chi connectivity index (χ4n) is 1.79. The molecule has 1 fully saturated rings. The first-order chi connectivity index (χ1) is 8.70. The average molecular weight is 310 g/mol. The third-order valence-corrected chi connectivity index (χ3v) is 3.36. The fraction of sp³-hybridized carbons (Fsp3) is 0.385. The van der Waals surface area contributed by atoms with Gasteiger partial charge in [0.15, 0.2) is 6.10 Å². The molecule has 0 unspecified atom stereocenters. The van der Waals surface area contributed by atoms with Crippen molar-refractivity contribution in [2.75, 3.05) is 13.2 Å². The third-order valence-electron chi connectivity index (χ3n) is 2.83. The normalized spacial score (nSPS) is 20.1. The maximum atomic E-state index is 11.9. The van der Waals surface area contributed by atoms with Crippen molar-refractivity contribution in [1.82, 2.24) is 0 Å². The summed E-state index contributed by atoms with van der Waals surface area (Å²) in [5.41, 5.74) is 0.442. The molecule has 2 atom stereocenters. The monoisotopic (exact) mass is 309 g/mol. The van der Waals surface area contributed by atoms with Gasteiger partial charge in [-0.2, -0.15) is 5.26 Å². The molecule has 0 bridgehead atoms. The van der Waals surface area contributed by atoms with Gasteiger partial charge >= 0.3 is 5.97 Å². The lowest BCUT2D eigenvalue weighted by Crippen LogP contribution is -2.25. The number of nitriles is 1. The Labute approximate surface area is 114 Å². The Hall–Kier alpha value is -1.38. The molecular formula is C13H12BrNO3. The number of hydrogen-bond acceptors (Lipinski definition) is 4. The van der Waals surface area contributed by atoms with Crippen molar-refractivity contribution < 1.29 is 14.3 Å². The van der Waals surface area contributed by atoms with Gasteiger partial charge in [0.1, 0.15) is 6.07 Å². The number of ether oxygens (including phenoxy) is 2. The molecule has 0 aromatic heterocycles. The Bertz CT molecular complexity index is 460. The molecule has 1 aliphatic heterocycles. The van der Waals surface area contributed by atoms with E-state index in [9.17, 15) is 4.79 Å². The molecule has 5 heteroatoms.